The highest BCUT2D eigenvalue weighted by atomic mass is 16.1. The van der Waals surface area contributed by atoms with Gasteiger partial charge in [-0.25, -0.2) is 0 Å². The second kappa shape index (κ2) is 6.21. The van der Waals surface area contributed by atoms with Crippen LogP contribution in [-0.4, -0.2) is 11.4 Å². The van der Waals surface area contributed by atoms with Gasteiger partial charge in [0.05, 0.1) is 17.7 Å². The van der Waals surface area contributed by atoms with Crippen LogP contribution >= 0.6 is 0 Å². The second-order valence-electron chi connectivity index (χ2n) is 5.25. The maximum Gasteiger partial charge on any atom is 0.252 e. The lowest BCUT2D eigenvalue weighted by atomic mass is 9.91. The summed E-state index contributed by atoms with van der Waals surface area (Å²) in [5, 5.41) is 21.1. The lowest BCUT2D eigenvalue weighted by molar-refractivity contribution is 0.0913. The third kappa shape index (κ3) is 3.16. The molecule has 0 bridgehead atoms. The Bertz CT molecular complexity index is 555. The number of hydrogen-bond acceptors (Lipinski definition) is 3. The molecule has 1 aromatic carbocycles. The van der Waals surface area contributed by atoms with Crippen molar-refractivity contribution in [2.75, 3.05) is 0 Å². The van der Waals surface area contributed by atoms with Crippen molar-refractivity contribution in [1.82, 2.24) is 5.32 Å². The van der Waals surface area contributed by atoms with Crippen molar-refractivity contribution in [2.24, 2.45) is 0 Å². The zero-order chi connectivity index (χ0) is 14.4. The van der Waals surface area contributed by atoms with Gasteiger partial charge in [0.2, 0.25) is 0 Å². The standard InChI is InChI=1S/C16H17N3O/c17-11-13-5-7-14(8-6-13)15(20)19-16(12-18)9-3-1-2-4-10-16/h5-8H,1-4,9-10H2,(H,19,20). The second-order valence-corrected chi connectivity index (χ2v) is 5.25. The van der Waals surface area contributed by atoms with Crippen LogP contribution in [0.25, 0.3) is 0 Å². The molecular formula is C16H17N3O. The van der Waals surface area contributed by atoms with Gasteiger partial charge < -0.3 is 5.32 Å². The van der Waals surface area contributed by atoms with Crippen LogP contribution in [0.15, 0.2) is 24.3 Å². The first-order chi connectivity index (χ1) is 9.69. The van der Waals surface area contributed by atoms with E-state index >= 15 is 0 Å². The predicted molar refractivity (Wildman–Crippen MR) is 74.7 cm³/mol. The van der Waals surface area contributed by atoms with Gasteiger partial charge in [0.15, 0.2) is 0 Å². The summed E-state index contributed by atoms with van der Waals surface area (Å²) in [5.74, 6) is -0.238. The highest BCUT2D eigenvalue weighted by Crippen LogP contribution is 2.27. The van der Waals surface area contributed by atoms with E-state index in [1.807, 2.05) is 6.07 Å². The number of carbonyl (C=O) groups is 1. The third-order valence-corrected chi connectivity index (χ3v) is 3.80. The smallest absolute Gasteiger partial charge is 0.252 e. The van der Waals surface area contributed by atoms with E-state index in [4.69, 9.17) is 5.26 Å². The molecule has 102 valence electrons. The van der Waals surface area contributed by atoms with Crippen LogP contribution < -0.4 is 5.32 Å². The zero-order valence-electron chi connectivity index (χ0n) is 11.4. The molecule has 1 aliphatic carbocycles. The molecule has 1 saturated carbocycles. The molecule has 0 atom stereocenters. The Hall–Kier alpha value is -2.33. The molecule has 4 heteroatoms. The van der Waals surface area contributed by atoms with Gasteiger partial charge >= 0.3 is 0 Å². The van der Waals surface area contributed by atoms with Gasteiger partial charge in [0.1, 0.15) is 5.54 Å². The summed E-state index contributed by atoms with van der Waals surface area (Å²) >= 11 is 0. The van der Waals surface area contributed by atoms with Crippen LogP contribution in [0.1, 0.15) is 54.4 Å². The van der Waals surface area contributed by atoms with E-state index in [0.717, 1.165) is 25.7 Å². The average Bonchev–Trinajstić information content (AvgIpc) is 2.73. The van der Waals surface area contributed by atoms with Crippen LogP contribution in [0.5, 0.6) is 0 Å². The van der Waals surface area contributed by atoms with Gasteiger partial charge in [0.25, 0.3) is 5.91 Å². The minimum atomic E-state index is -0.735. The molecule has 1 aromatic rings. The summed E-state index contributed by atoms with van der Waals surface area (Å²) in [6.45, 7) is 0. The van der Waals surface area contributed by atoms with Crippen LogP contribution in [0.4, 0.5) is 0 Å². The van der Waals surface area contributed by atoms with Crippen molar-refractivity contribution in [3.8, 4) is 12.1 Å². The highest BCUT2D eigenvalue weighted by Gasteiger charge is 2.32. The van der Waals surface area contributed by atoms with E-state index < -0.39 is 5.54 Å². The molecule has 1 fully saturated rings. The van der Waals surface area contributed by atoms with Gasteiger partial charge in [-0.05, 0) is 37.1 Å². The Morgan fingerprint density at radius 2 is 1.65 bits per heavy atom. The Morgan fingerprint density at radius 1 is 1.05 bits per heavy atom. The number of nitrogens with zero attached hydrogens (tertiary/aromatic N) is 2. The minimum absolute atomic E-state index is 0.238. The third-order valence-electron chi connectivity index (χ3n) is 3.80. The Kier molecular flexibility index (Phi) is 4.38. The Labute approximate surface area is 119 Å². The quantitative estimate of drug-likeness (QED) is 0.837. The minimum Gasteiger partial charge on any atom is -0.334 e. The van der Waals surface area contributed by atoms with E-state index in [0.29, 0.717) is 24.0 Å². The van der Waals surface area contributed by atoms with E-state index in [1.165, 1.54) is 0 Å². The number of nitriles is 2. The molecule has 0 aliphatic heterocycles. The number of amides is 1. The van der Waals surface area contributed by atoms with Crippen LogP contribution in [0.3, 0.4) is 0 Å². The fourth-order valence-electron chi connectivity index (χ4n) is 2.58. The number of rotatable bonds is 2. The highest BCUT2D eigenvalue weighted by molar-refractivity contribution is 5.95. The summed E-state index contributed by atoms with van der Waals surface area (Å²) in [6.07, 6.45) is 5.62. The van der Waals surface area contributed by atoms with E-state index in [9.17, 15) is 10.1 Å². The molecule has 0 radical (unpaired) electrons. The molecule has 0 saturated heterocycles. The molecule has 4 nitrogen and oxygen atoms in total. The van der Waals surface area contributed by atoms with Gasteiger partial charge in [-0.1, -0.05) is 25.7 Å². The Morgan fingerprint density at radius 3 is 2.15 bits per heavy atom. The van der Waals surface area contributed by atoms with Gasteiger partial charge in [-0.15, -0.1) is 0 Å². The molecule has 0 heterocycles. The fourth-order valence-corrected chi connectivity index (χ4v) is 2.58. The van der Waals surface area contributed by atoms with Gasteiger partial charge in [-0.3, -0.25) is 4.79 Å². The molecule has 1 aliphatic rings. The van der Waals surface area contributed by atoms with Crippen molar-refractivity contribution < 1.29 is 4.79 Å². The first kappa shape index (κ1) is 14.1. The summed E-state index contributed by atoms with van der Waals surface area (Å²) in [6, 6.07) is 10.8. The van der Waals surface area contributed by atoms with Crippen molar-refractivity contribution in [1.29, 1.82) is 10.5 Å². The largest absolute Gasteiger partial charge is 0.334 e. The summed E-state index contributed by atoms with van der Waals surface area (Å²) in [5.41, 5.74) is 0.274. The SMILES string of the molecule is N#Cc1ccc(C(=O)NC2(C#N)CCCCCC2)cc1. The van der Waals surface area contributed by atoms with Crippen LogP contribution in [0, 0.1) is 22.7 Å². The number of benzene rings is 1. The van der Waals surface area contributed by atoms with E-state index in [-0.39, 0.29) is 5.91 Å². The fraction of sp³-hybridized carbons (Fsp3) is 0.438. The molecular weight excluding hydrogens is 250 g/mol. The maximum atomic E-state index is 12.2. The lowest BCUT2D eigenvalue weighted by Gasteiger charge is -2.26. The zero-order valence-corrected chi connectivity index (χ0v) is 11.4. The summed E-state index contributed by atoms with van der Waals surface area (Å²) in [7, 11) is 0. The van der Waals surface area contributed by atoms with E-state index in [1.54, 1.807) is 24.3 Å². The average molecular weight is 267 g/mol. The molecule has 1 amide bonds. The molecule has 20 heavy (non-hydrogen) atoms. The number of carbonyl (C=O) groups excluding carboxylic acids is 1. The predicted octanol–water partition coefficient (Wildman–Crippen LogP) is 2.90. The summed E-state index contributed by atoms with van der Waals surface area (Å²) in [4.78, 5) is 12.2. The van der Waals surface area contributed by atoms with Crippen molar-refractivity contribution in [2.45, 2.75) is 44.1 Å². The molecule has 0 spiro atoms. The van der Waals surface area contributed by atoms with Gasteiger partial charge in [0, 0.05) is 5.56 Å². The first-order valence-corrected chi connectivity index (χ1v) is 6.93. The Balaban J connectivity index is 2.12. The monoisotopic (exact) mass is 267 g/mol. The van der Waals surface area contributed by atoms with Gasteiger partial charge in [-0.2, -0.15) is 10.5 Å². The number of hydrogen-bond donors (Lipinski definition) is 1. The van der Waals surface area contributed by atoms with Crippen molar-refractivity contribution in [3.05, 3.63) is 35.4 Å². The molecule has 2 rings (SSSR count). The van der Waals surface area contributed by atoms with Crippen molar-refractivity contribution in [3.63, 3.8) is 0 Å². The van der Waals surface area contributed by atoms with Crippen LogP contribution in [-0.2, 0) is 0 Å². The molecule has 0 unspecified atom stereocenters. The summed E-state index contributed by atoms with van der Waals surface area (Å²) < 4.78 is 0. The molecule has 0 aromatic heterocycles. The van der Waals surface area contributed by atoms with Crippen molar-refractivity contribution >= 4 is 5.91 Å². The first-order valence-electron chi connectivity index (χ1n) is 6.93. The number of nitrogens with one attached hydrogen (secondary N) is 1. The normalized spacial score (nSPS) is 17.3. The topological polar surface area (TPSA) is 76.7 Å². The molecule has 1 N–H and O–H groups in total. The maximum absolute atomic E-state index is 12.2. The van der Waals surface area contributed by atoms with Crippen LogP contribution in [0.2, 0.25) is 0 Å². The lowest BCUT2D eigenvalue weighted by Crippen LogP contribution is -2.47. The van der Waals surface area contributed by atoms with E-state index in [2.05, 4.69) is 11.4 Å².